The number of carbonyl (C=O) groups excluding carboxylic acids is 1. The molecule has 0 saturated heterocycles. The molecule has 0 unspecified atom stereocenters. The molecule has 1 heterocycles. The maximum absolute atomic E-state index is 12.0. The van der Waals surface area contributed by atoms with Gasteiger partial charge in [-0.3, -0.25) is 4.79 Å². The summed E-state index contributed by atoms with van der Waals surface area (Å²) in [6.07, 6.45) is 1.55. The summed E-state index contributed by atoms with van der Waals surface area (Å²) in [6.45, 7) is 8.59. The van der Waals surface area contributed by atoms with Crippen LogP contribution in [-0.4, -0.2) is 10.9 Å². The number of hydrogen-bond acceptors (Lipinski definition) is 3. The molecule has 20 heavy (non-hydrogen) atoms. The molecule has 1 N–H and O–H groups in total. The number of benzene rings is 1. The minimum absolute atomic E-state index is 0.0905. The molecule has 0 saturated carbocycles. The van der Waals surface area contributed by atoms with Gasteiger partial charge in [-0.2, -0.15) is 0 Å². The molecule has 0 radical (unpaired) electrons. The topological polar surface area (TPSA) is 55.1 Å². The number of aryl methyl sites for hydroxylation is 1. The van der Waals surface area contributed by atoms with E-state index in [4.69, 9.17) is 4.42 Å². The summed E-state index contributed by atoms with van der Waals surface area (Å²) in [5, 5.41) is 2.83. The Hall–Kier alpha value is -2.10. The van der Waals surface area contributed by atoms with Gasteiger partial charge in [0.2, 0.25) is 0 Å². The molecule has 0 bridgehead atoms. The summed E-state index contributed by atoms with van der Waals surface area (Å²) in [5.74, 6) is 0.495. The van der Waals surface area contributed by atoms with Gasteiger partial charge in [0, 0.05) is 12.5 Å². The monoisotopic (exact) mass is 272 g/mol. The van der Waals surface area contributed by atoms with Crippen LogP contribution in [0.2, 0.25) is 0 Å². The van der Waals surface area contributed by atoms with Gasteiger partial charge in [0.15, 0.2) is 5.89 Å². The molecule has 1 amide bonds. The van der Waals surface area contributed by atoms with E-state index < -0.39 is 0 Å². The SMILES string of the molecule is Cc1nc(CNC(=O)c2ccc(C(C)(C)C)cc2)co1. The van der Waals surface area contributed by atoms with Crippen LogP contribution in [0.15, 0.2) is 34.9 Å². The minimum Gasteiger partial charge on any atom is -0.449 e. The van der Waals surface area contributed by atoms with E-state index >= 15 is 0 Å². The molecule has 106 valence electrons. The van der Waals surface area contributed by atoms with Gasteiger partial charge in [-0.1, -0.05) is 32.9 Å². The van der Waals surface area contributed by atoms with Crippen LogP contribution in [0, 0.1) is 6.92 Å². The highest BCUT2D eigenvalue weighted by Gasteiger charge is 2.14. The van der Waals surface area contributed by atoms with Gasteiger partial charge in [0.1, 0.15) is 6.26 Å². The second-order valence-electron chi connectivity index (χ2n) is 5.87. The Kier molecular flexibility index (Phi) is 3.93. The van der Waals surface area contributed by atoms with Gasteiger partial charge in [0.05, 0.1) is 12.2 Å². The smallest absolute Gasteiger partial charge is 0.251 e. The van der Waals surface area contributed by atoms with Gasteiger partial charge >= 0.3 is 0 Å². The second kappa shape index (κ2) is 5.49. The lowest BCUT2D eigenvalue weighted by atomic mass is 9.87. The third-order valence-electron chi connectivity index (χ3n) is 3.11. The molecular formula is C16H20N2O2. The van der Waals surface area contributed by atoms with E-state index in [0.29, 0.717) is 18.0 Å². The van der Waals surface area contributed by atoms with E-state index in [2.05, 4.69) is 31.1 Å². The van der Waals surface area contributed by atoms with Gasteiger partial charge in [-0.05, 0) is 23.1 Å². The van der Waals surface area contributed by atoms with Crippen molar-refractivity contribution in [1.82, 2.24) is 10.3 Å². The van der Waals surface area contributed by atoms with Gasteiger partial charge < -0.3 is 9.73 Å². The molecule has 1 aromatic heterocycles. The summed E-state index contributed by atoms with van der Waals surface area (Å²) in [6, 6.07) is 7.69. The molecule has 0 fully saturated rings. The Morgan fingerprint density at radius 2 is 1.90 bits per heavy atom. The van der Waals surface area contributed by atoms with Crippen molar-refractivity contribution in [3.63, 3.8) is 0 Å². The van der Waals surface area contributed by atoms with E-state index in [1.165, 1.54) is 5.56 Å². The Labute approximate surface area is 119 Å². The summed E-state index contributed by atoms with van der Waals surface area (Å²) >= 11 is 0. The van der Waals surface area contributed by atoms with Crippen LogP contribution in [-0.2, 0) is 12.0 Å². The predicted molar refractivity (Wildman–Crippen MR) is 77.6 cm³/mol. The highest BCUT2D eigenvalue weighted by atomic mass is 16.3. The molecule has 0 aliphatic heterocycles. The van der Waals surface area contributed by atoms with Crippen molar-refractivity contribution in [3.05, 3.63) is 53.2 Å². The first-order chi connectivity index (χ1) is 9.36. The van der Waals surface area contributed by atoms with Crippen molar-refractivity contribution in [3.8, 4) is 0 Å². The number of hydrogen-bond donors (Lipinski definition) is 1. The average molecular weight is 272 g/mol. The lowest BCUT2D eigenvalue weighted by molar-refractivity contribution is 0.0950. The Morgan fingerprint density at radius 3 is 2.40 bits per heavy atom. The first-order valence-electron chi connectivity index (χ1n) is 6.66. The van der Waals surface area contributed by atoms with Crippen molar-refractivity contribution in [2.45, 2.75) is 39.7 Å². The zero-order valence-electron chi connectivity index (χ0n) is 12.4. The molecule has 4 nitrogen and oxygen atoms in total. The summed E-state index contributed by atoms with van der Waals surface area (Å²) < 4.78 is 5.09. The molecule has 0 spiro atoms. The van der Waals surface area contributed by atoms with Crippen LogP contribution in [0.3, 0.4) is 0 Å². The first-order valence-corrected chi connectivity index (χ1v) is 6.66. The quantitative estimate of drug-likeness (QED) is 0.933. The van der Waals surface area contributed by atoms with Crippen molar-refractivity contribution in [2.24, 2.45) is 0 Å². The number of nitrogens with zero attached hydrogens (tertiary/aromatic N) is 1. The normalized spacial score (nSPS) is 11.4. The minimum atomic E-state index is -0.105. The number of oxazole rings is 1. The van der Waals surface area contributed by atoms with Gasteiger partial charge in [-0.25, -0.2) is 4.98 Å². The Bertz CT molecular complexity index is 592. The first kappa shape index (κ1) is 14.3. The molecule has 0 atom stereocenters. The molecule has 2 rings (SSSR count). The summed E-state index contributed by atoms with van der Waals surface area (Å²) in [7, 11) is 0. The number of amides is 1. The fourth-order valence-corrected chi connectivity index (χ4v) is 1.88. The molecule has 0 aliphatic rings. The van der Waals surface area contributed by atoms with Gasteiger partial charge in [0.25, 0.3) is 5.91 Å². The van der Waals surface area contributed by atoms with Crippen LogP contribution in [0.5, 0.6) is 0 Å². The maximum atomic E-state index is 12.0. The summed E-state index contributed by atoms with van der Waals surface area (Å²) in [4.78, 5) is 16.2. The van der Waals surface area contributed by atoms with Crippen molar-refractivity contribution < 1.29 is 9.21 Å². The molecular weight excluding hydrogens is 252 g/mol. The van der Waals surface area contributed by atoms with Crippen LogP contribution in [0.25, 0.3) is 0 Å². The second-order valence-corrected chi connectivity index (χ2v) is 5.87. The highest BCUT2D eigenvalue weighted by molar-refractivity contribution is 5.94. The van der Waals surface area contributed by atoms with E-state index in [1.807, 2.05) is 24.3 Å². The zero-order valence-corrected chi connectivity index (χ0v) is 12.4. The van der Waals surface area contributed by atoms with Crippen LogP contribution < -0.4 is 5.32 Å². The van der Waals surface area contributed by atoms with Crippen LogP contribution in [0.1, 0.15) is 48.3 Å². The molecule has 2 aromatic rings. The fourth-order valence-electron chi connectivity index (χ4n) is 1.88. The number of nitrogens with one attached hydrogen (secondary N) is 1. The third-order valence-corrected chi connectivity index (χ3v) is 3.11. The lowest BCUT2D eigenvalue weighted by Gasteiger charge is -2.19. The Morgan fingerprint density at radius 1 is 1.25 bits per heavy atom. The van der Waals surface area contributed by atoms with Crippen LogP contribution in [0.4, 0.5) is 0 Å². The fraction of sp³-hybridized carbons (Fsp3) is 0.375. The van der Waals surface area contributed by atoms with Crippen molar-refractivity contribution in [2.75, 3.05) is 0 Å². The zero-order chi connectivity index (χ0) is 14.8. The number of rotatable bonds is 3. The standard InChI is InChI=1S/C16H20N2O2/c1-11-18-14(10-20-11)9-17-15(19)12-5-7-13(8-6-12)16(2,3)4/h5-8,10H,9H2,1-4H3,(H,17,19). The number of carbonyl (C=O) groups is 1. The van der Waals surface area contributed by atoms with E-state index in [9.17, 15) is 4.79 Å². The molecule has 4 heteroatoms. The predicted octanol–water partition coefficient (Wildman–Crippen LogP) is 3.21. The van der Waals surface area contributed by atoms with E-state index in [-0.39, 0.29) is 11.3 Å². The Balaban J connectivity index is 1.99. The highest BCUT2D eigenvalue weighted by Crippen LogP contribution is 2.22. The molecule has 1 aromatic carbocycles. The lowest BCUT2D eigenvalue weighted by Crippen LogP contribution is -2.23. The van der Waals surface area contributed by atoms with Crippen molar-refractivity contribution in [1.29, 1.82) is 0 Å². The maximum Gasteiger partial charge on any atom is 0.251 e. The van der Waals surface area contributed by atoms with E-state index in [0.717, 1.165) is 5.69 Å². The van der Waals surface area contributed by atoms with E-state index in [1.54, 1.807) is 13.2 Å². The van der Waals surface area contributed by atoms with Gasteiger partial charge in [-0.15, -0.1) is 0 Å². The third kappa shape index (κ3) is 3.47. The largest absolute Gasteiger partial charge is 0.449 e. The van der Waals surface area contributed by atoms with Crippen LogP contribution >= 0.6 is 0 Å². The number of aromatic nitrogens is 1. The molecule has 0 aliphatic carbocycles. The van der Waals surface area contributed by atoms with Crippen molar-refractivity contribution >= 4 is 5.91 Å². The summed E-state index contributed by atoms with van der Waals surface area (Å²) in [5.41, 5.74) is 2.68. The average Bonchev–Trinajstić information content (AvgIpc) is 2.81.